The second-order valence-electron chi connectivity index (χ2n) is 20.5. The van der Waals surface area contributed by atoms with E-state index in [9.17, 15) is 20.1 Å². The van der Waals surface area contributed by atoms with Gasteiger partial charge in [0.05, 0.1) is 18.8 Å². The van der Waals surface area contributed by atoms with Gasteiger partial charge in [0.1, 0.15) is 6.10 Å². The number of carbonyl (C=O) groups excluding carboxylic acids is 1. The van der Waals surface area contributed by atoms with Gasteiger partial charge in [-0.1, -0.05) is 282 Å². The maximum absolute atomic E-state index is 12.5. The van der Waals surface area contributed by atoms with Crippen LogP contribution in [0.15, 0.2) is 24.3 Å². The third-order valence-electron chi connectivity index (χ3n) is 14.0. The fourth-order valence-corrected chi connectivity index (χ4v) is 9.46. The van der Waals surface area contributed by atoms with Crippen molar-refractivity contribution < 1.29 is 20.1 Å². The molecule has 0 aromatic rings. The average Bonchev–Trinajstić information content (AvgIpc) is 3.31. The van der Waals surface area contributed by atoms with Gasteiger partial charge in [-0.15, -0.1) is 0 Å². The van der Waals surface area contributed by atoms with E-state index in [4.69, 9.17) is 0 Å². The number of carbonyl (C=O) groups is 1. The largest absolute Gasteiger partial charge is 0.394 e. The van der Waals surface area contributed by atoms with Crippen LogP contribution < -0.4 is 5.32 Å². The molecule has 0 aromatic carbocycles. The van der Waals surface area contributed by atoms with Crippen LogP contribution in [0.25, 0.3) is 0 Å². The van der Waals surface area contributed by atoms with E-state index >= 15 is 0 Å². The van der Waals surface area contributed by atoms with Crippen LogP contribution in [0.3, 0.4) is 0 Å². The Morgan fingerprint density at radius 3 is 0.892 bits per heavy atom. The molecular weight excluding hydrogens is 799 g/mol. The van der Waals surface area contributed by atoms with Gasteiger partial charge in [0.25, 0.3) is 0 Å². The SMILES string of the molecule is CCCCCCCCCCC/C=C/CCCC(O)C(O)C(CO)NC(=O)CCCCCCCCCCCCCCCCCCC/C=C\CCCCCCCCCCCCCCCCCC. The highest BCUT2D eigenvalue weighted by Gasteiger charge is 2.26. The van der Waals surface area contributed by atoms with Crippen molar-refractivity contribution in [3.63, 3.8) is 0 Å². The average molecular weight is 917 g/mol. The van der Waals surface area contributed by atoms with Crippen molar-refractivity contribution in [2.24, 2.45) is 0 Å². The Labute approximate surface area is 407 Å². The summed E-state index contributed by atoms with van der Waals surface area (Å²) < 4.78 is 0. The highest BCUT2D eigenvalue weighted by Crippen LogP contribution is 2.18. The van der Waals surface area contributed by atoms with Gasteiger partial charge in [-0.25, -0.2) is 0 Å². The van der Waals surface area contributed by atoms with Crippen molar-refractivity contribution in [2.45, 2.75) is 347 Å². The van der Waals surface area contributed by atoms with Gasteiger partial charge < -0.3 is 20.6 Å². The van der Waals surface area contributed by atoms with Crippen molar-refractivity contribution >= 4 is 5.91 Å². The van der Waals surface area contributed by atoms with E-state index in [1.54, 1.807) is 0 Å². The van der Waals surface area contributed by atoms with Gasteiger partial charge >= 0.3 is 0 Å². The summed E-state index contributed by atoms with van der Waals surface area (Å²) in [6, 6.07) is -0.824. The molecule has 386 valence electrons. The molecule has 1 amide bonds. The number of aliphatic hydroxyl groups is 3. The first-order valence-corrected chi connectivity index (χ1v) is 29.6. The molecule has 0 fully saturated rings. The van der Waals surface area contributed by atoms with E-state index < -0.39 is 18.2 Å². The Morgan fingerprint density at radius 2 is 0.615 bits per heavy atom. The van der Waals surface area contributed by atoms with Crippen molar-refractivity contribution in [1.82, 2.24) is 5.32 Å². The van der Waals surface area contributed by atoms with E-state index in [0.29, 0.717) is 12.8 Å². The third-order valence-corrected chi connectivity index (χ3v) is 14.0. The fourth-order valence-electron chi connectivity index (χ4n) is 9.46. The minimum Gasteiger partial charge on any atom is -0.394 e. The van der Waals surface area contributed by atoms with Crippen LogP contribution in [0.2, 0.25) is 0 Å². The van der Waals surface area contributed by atoms with Crippen LogP contribution >= 0.6 is 0 Å². The Kier molecular flexibility index (Phi) is 54.4. The molecule has 0 radical (unpaired) electrons. The lowest BCUT2D eigenvalue weighted by molar-refractivity contribution is -0.124. The monoisotopic (exact) mass is 916 g/mol. The topological polar surface area (TPSA) is 89.8 Å². The summed E-state index contributed by atoms with van der Waals surface area (Å²) >= 11 is 0. The summed E-state index contributed by atoms with van der Waals surface area (Å²) in [6.07, 6.45) is 70.8. The van der Waals surface area contributed by atoms with E-state index in [2.05, 4.69) is 43.5 Å². The van der Waals surface area contributed by atoms with Crippen LogP contribution in [-0.2, 0) is 4.79 Å². The molecule has 0 rings (SSSR count). The Balaban J connectivity index is 3.45. The minimum absolute atomic E-state index is 0.149. The molecule has 5 heteroatoms. The predicted octanol–water partition coefficient (Wildman–Crippen LogP) is 18.5. The molecule has 3 atom stereocenters. The summed E-state index contributed by atoms with van der Waals surface area (Å²) in [5.74, 6) is -0.149. The molecule has 0 heterocycles. The second kappa shape index (κ2) is 55.4. The van der Waals surface area contributed by atoms with Gasteiger partial charge in [-0.3, -0.25) is 4.79 Å². The zero-order chi connectivity index (χ0) is 47.2. The lowest BCUT2D eigenvalue weighted by atomic mass is 10.0. The molecular formula is C60H117NO4. The lowest BCUT2D eigenvalue weighted by Gasteiger charge is -2.26. The van der Waals surface area contributed by atoms with Crippen LogP contribution in [0.1, 0.15) is 328 Å². The van der Waals surface area contributed by atoms with E-state index in [-0.39, 0.29) is 12.5 Å². The second-order valence-corrected chi connectivity index (χ2v) is 20.5. The first kappa shape index (κ1) is 63.8. The molecule has 0 spiro atoms. The zero-order valence-electron chi connectivity index (χ0n) is 44.1. The molecule has 0 bridgehead atoms. The Bertz CT molecular complexity index is 967. The number of aliphatic hydroxyl groups excluding tert-OH is 3. The molecule has 3 unspecified atom stereocenters. The number of rotatable bonds is 55. The van der Waals surface area contributed by atoms with Crippen molar-refractivity contribution in [2.75, 3.05) is 6.61 Å². The van der Waals surface area contributed by atoms with Crippen molar-refractivity contribution in [3.05, 3.63) is 24.3 Å². The highest BCUT2D eigenvalue weighted by atomic mass is 16.3. The van der Waals surface area contributed by atoms with Crippen molar-refractivity contribution in [1.29, 1.82) is 0 Å². The summed E-state index contributed by atoms with van der Waals surface area (Å²) in [5.41, 5.74) is 0. The van der Waals surface area contributed by atoms with Crippen molar-refractivity contribution in [3.8, 4) is 0 Å². The molecule has 4 N–H and O–H groups in total. The van der Waals surface area contributed by atoms with E-state index in [1.165, 1.54) is 263 Å². The molecule has 0 aliphatic carbocycles. The van der Waals surface area contributed by atoms with Crippen LogP contribution in [0.5, 0.6) is 0 Å². The smallest absolute Gasteiger partial charge is 0.220 e. The molecule has 0 saturated carbocycles. The Hall–Kier alpha value is -1.17. The highest BCUT2D eigenvalue weighted by molar-refractivity contribution is 5.76. The van der Waals surface area contributed by atoms with E-state index in [0.717, 1.165) is 38.5 Å². The first-order valence-electron chi connectivity index (χ1n) is 29.6. The van der Waals surface area contributed by atoms with Gasteiger partial charge in [0.2, 0.25) is 5.91 Å². The quantitative estimate of drug-likeness (QED) is 0.0361. The number of allylic oxidation sites excluding steroid dienone is 4. The molecule has 0 aromatic heterocycles. The molecule has 0 saturated heterocycles. The minimum atomic E-state index is -1.16. The number of hydrogen-bond donors (Lipinski definition) is 4. The Morgan fingerprint density at radius 1 is 0.369 bits per heavy atom. The standard InChI is InChI=1S/C60H117NO4/c1-3-5-7-9-11-13-15-17-19-20-21-22-23-24-25-26-27-28-29-30-31-32-33-34-35-36-37-38-39-40-41-43-45-47-49-51-53-55-59(64)61-57(56-62)60(65)58(63)54-52-50-48-46-44-42-18-16-14-12-10-8-6-4-2/h28-29,46,48,57-58,60,62-63,65H,3-27,30-45,47,49-56H2,1-2H3,(H,61,64)/b29-28-,48-46+. The van der Waals surface area contributed by atoms with Crippen LogP contribution in [0.4, 0.5) is 0 Å². The molecule has 0 aliphatic rings. The normalized spacial score (nSPS) is 13.4. The van der Waals surface area contributed by atoms with Gasteiger partial charge in [-0.2, -0.15) is 0 Å². The summed E-state index contributed by atoms with van der Waals surface area (Å²) in [6.45, 7) is 4.19. The summed E-state index contributed by atoms with van der Waals surface area (Å²) in [7, 11) is 0. The maximum atomic E-state index is 12.5. The van der Waals surface area contributed by atoms with Gasteiger partial charge in [0, 0.05) is 6.42 Å². The number of amides is 1. The van der Waals surface area contributed by atoms with Crippen LogP contribution in [0, 0.1) is 0 Å². The van der Waals surface area contributed by atoms with E-state index in [1.807, 2.05) is 0 Å². The predicted molar refractivity (Wildman–Crippen MR) is 287 cm³/mol. The van der Waals surface area contributed by atoms with Gasteiger partial charge in [0.15, 0.2) is 0 Å². The van der Waals surface area contributed by atoms with Crippen LogP contribution in [-0.4, -0.2) is 46.1 Å². The number of hydrogen-bond acceptors (Lipinski definition) is 4. The number of unbranched alkanes of at least 4 members (excludes halogenated alkanes) is 43. The molecule has 5 nitrogen and oxygen atoms in total. The summed E-state index contributed by atoms with van der Waals surface area (Å²) in [4.78, 5) is 12.5. The molecule has 0 aliphatic heterocycles. The molecule has 65 heavy (non-hydrogen) atoms. The first-order chi connectivity index (χ1) is 32.1. The summed E-state index contributed by atoms with van der Waals surface area (Å²) in [5, 5.41) is 33.6. The number of nitrogens with one attached hydrogen (secondary N) is 1. The lowest BCUT2D eigenvalue weighted by Crippen LogP contribution is -2.50. The zero-order valence-corrected chi connectivity index (χ0v) is 44.1. The third kappa shape index (κ3) is 50.5. The fraction of sp³-hybridized carbons (Fsp3) is 0.917. The van der Waals surface area contributed by atoms with Gasteiger partial charge in [-0.05, 0) is 64.2 Å². The maximum Gasteiger partial charge on any atom is 0.220 e.